The van der Waals surface area contributed by atoms with Crippen LogP contribution in [0, 0.1) is 5.82 Å². The van der Waals surface area contributed by atoms with E-state index in [1.165, 1.54) is 18.2 Å². The molecular weight excluding hydrogens is 337 g/mol. The number of amides is 1. The Bertz CT molecular complexity index is 795. The van der Waals surface area contributed by atoms with Crippen molar-refractivity contribution in [2.45, 2.75) is 6.04 Å². The van der Waals surface area contributed by atoms with Gasteiger partial charge in [0.2, 0.25) is 0 Å². The summed E-state index contributed by atoms with van der Waals surface area (Å²) in [6.45, 7) is -0.383. The van der Waals surface area contributed by atoms with Gasteiger partial charge in [0, 0.05) is 0 Å². The van der Waals surface area contributed by atoms with E-state index in [0.717, 1.165) is 6.26 Å². The molecule has 128 valence electrons. The highest BCUT2D eigenvalue weighted by Gasteiger charge is 2.19. The van der Waals surface area contributed by atoms with Crippen LogP contribution in [0.1, 0.15) is 11.6 Å². The van der Waals surface area contributed by atoms with Crippen LogP contribution >= 0.6 is 0 Å². The van der Waals surface area contributed by atoms with Crippen molar-refractivity contribution in [1.29, 1.82) is 0 Å². The number of ether oxygens (including phenoxy) is 1. The zero-order valence-corrected chi connectivity index (χ0v) is 13.6. The number of hydrogen-bond donors (Lipinski definition) is 1. The van der Waals surface area contributed by atoms with E-state index in [1.807, 2.05) is 0 Å². The number of para-hydroxylation sites is 1. The first-order valence-electron chi connectivity index (χ1n) is 6.97. The van der Waals surface area contributed by atoms with E-state index in [2.05, 4.69) is 5.32 Å². The zero-order valence-electron chi connectivity index (χ0n) is 12.8. The third-order valence-corrected chi connectivity index (χ3v) is 3.51. The molecule has 0 aliphatic carbocycles. The topological polar surface area (TPSA) is 81.7 Å². The summed E-state index contributed by atoms with van der Waals surface area (Å²) in [6.07, 6.45) is 0.0744. The van der Waals surface area contributed by atoms with Crippen LogP contribution in [0.2, 0.25) is 0 Å². The highest BCUT2D eigenvalue weighted by molar-refractivity contribution is 7.85. The van der Waals surface area contributed by atoms with Gasteiger partial charge in [0.25, 0.3) is 10.1 Å². The van der Waals surface area contributed by atoms with Crippen LogP contribution < -0.4 is 10.1 Å². The Balaban J connectivity index is 2.11. The maximum Gasteiger partial charge on any atom is 0.413 e. The predicted molar refractivity (Wildman–Crippen MR) is 85.5 cm³/mol. The predicted octanol–water partition coefficient (Wildman–Crippen LogP) is 2.63. The van der Waals surface area contributed by atoms with Gasteiger partial charge in [0.15, 0.2) is 0 Å². The molecular formula is C16H16FNO5S. The van der Waals surface area contributed by atoms with Gasteiger partial charge in [-0.3, -0.25) is 4.18 Å². The van der Waals surface area contributed by atoms with E-state index in [0.29, 0.717) is 11.3 Å². The zero-order chi connectivity index (χ0) is 17.6. The Kier molecular flexibility index (Phi) is 5.88. The van der Waals surface area contributed by atoms with Crippen molar-refractivity contribution in [3.63, 3.8) is 0 Å². The number of halogens is 1. The highest BCUT2D eigenvalue weighted by atomic mass is 32.2. The van der Waals surface area contributed by atoms with Gasteiger partial charge in [-0.1, -0.05) is 30.3 Å². The number of benzene rings is 2. The molecule has 6 nitrogen and oxygen atoms in total. The minimum Gasteiger partial charge on any atom is -0.410 e. The smallest absolute Gasteiger partial charge is 0.410 e. The molecule has 0 aliphatic heterocycles. The number of hydrogen-bond acceptors (Lipinski definition) is 5. The summed E-state index contributed by atoms with van der Waals surface area (Å²) >= 11 is 0. The first-order chi connectivity index (χ1) is 11.3. The summed E-state index contributed by atoms with van der Waals surface area (Å²) in [5, 5.41) is 2.46. The summed E-state index contributed by atoms with van der Waals surface area (Å²) in [5.41, 5.74) is 0.351. The van der Waals surface area contributed by atoms with E-state index in [1.54, 1.807) is 36.4 Å². The molecule has 0 saturated carbocycles. The third kappa shape index (κ3) is 5.98. The third-order valence-electron chi connectivity index (χ3n) is 2.95. The monoisotopic (exact) mass is 353 g/mol. The quantitative estimate of drug-likeness (QED) is 0.808. The average molecular weight is 353 g/mol. The molecule has 2 aromatic carbocycles. The molecule has 0 fully saturated rings. The molecule has 0 saturated heterocycles. The van der Waals surface area contributed by atoms with Gasteiger partial charge in [-0.25, -0.2) is 9.18 Å². The first kappa shape index (κ1) is 17.9. The minimum atomic E-state index is -3.72. The highest BCUT2D eigenvalue weighted by Crippen LogP contribution is 2.17. The molecule has 1 unspecified atom stereocenters. The van der Waals surface area contributed by atoms with Crippen molar-refractivity contribution in [3.05, 3.63) is 66.0 Å². The van der Waals surface area contributed by atoms with Gasteiger partial charge in [0.1, 0.15) is 11.6 Å². The van der Waals surface area contributed by atoms with Crippen LogP contribution in [0.15, 0.2) is 54.6 Å². The molecule has 0 aromatic heterocycles. The van der Waals surface area contributed by atoms with Crippen LogP contribution in [0.3, 0.4) is 0 Å². The summed E-state index contributed by atoms with van der Waals surface area (Å²) in [4.78, 5) is 12.0. The maximum absolute atomic E-state index is 13.4. The second kappa shape index (κ2) is 7.89. The lowest BCUT2D eigenvalue weighted by molar-refractivity contribution is 0.187. The molecule has 1 N–H and O–H groups in total. The fourth-order valence-electron chi connectivity index (χ4n) is 1.90. The van der Waals surface area contributed by atoms with E-state index in [-0.39, 0.29) is 6.61 Å². The molecule has 8 heteroatoms. The number of nitrogens with one attached hydrogen (secondary N) is 1. The summed E-state index contributed by atoms with van der Waals surface area (Å²) < 4.78 is 45.5. The maximum atomic E-state index is 13.4. The minimum absolute atomic E-state index is 0.317. The molecule has 1 amide bonds. The molecule has 0 aliphatic rings. The fraction of sp³-hybridized carbons (Fsp3) is 0.188. The largest absolute Gasteiger partial charge is 0.413 e. The molecule has 1 atom stereocenters. The van der Waals surface area contributed by atoms with E-state index < -0.39 is 28.1 Å². The number of rotatable bonds is 6. The van der Waals surface area contributed by atoms with Gasteiger partial charge >= 0.3 is 6.09 Å². The summed E-state index contributed by atoms with van der Waals surface area (Å²) in [7, 11) is -3.72. The fourth-order valence-corrected chi connectivity index (χ4v) is 2.29. The Hall–Kier alpha value is -2.45. The summed E-state index contributed by atoms with van der Waals surface area (Å²) in [5.74, 6) is -0.202. The van der Waals surface area contributed by atoms with Crippen LogP contribution in [0.5, 0.6) is 5.75 Å². The number of carbonyl (C=O) groups is 1. The average Bonchev–Trinajstić information content (AvgIpc) is 2.51. The Labute approximate surface area is 139 Å². The van der Waals surface area contributed by atoms with Gasteiger partial charge in [0.05, 0.1) is 18.9 Å². The van der Waals surface area contributed by atoms with Crippen LogP contribution in [0.4, 0.5) is 9.18 Å². The molecule has 0 bridgehead atoms. The van der Waals surface area contributed by atoms with Crippen molar-refractivity contribution >= 4 is 16.2 Å². The molecule has 0 spiro atoms. The molecule has 24 heavy (non-hydrogen) atoms. The van der Waals surface area contributed by atoms with E-state index in [9.17, 15) is 17.6 Å². The van der Waals surface area contributed by atoms with E-state index >= 15 is 0 Å². The van der Waals surface area contributed by atoms with Crippen LogP contribution in [-0.4, -0.2) is 27.4 Å². The standard InChI is InChI=1S/C16H16FNO5S/c1-24(20,21)22-11-15(12-6-5-7-13(17)10-12)18-16(19)23-14-8-3-2-4-9-14/h2-10,15H,11H2,1H3,(H,18,19). The lowest BCUT2D eigenvalue weighted by Gasteiger charge is -2.18. The molecule has 2 aromatic rings. The Morgan fingerprint density at radius 1 is 1.17 bits per heavy atom. The first-order valence-corrected chi connectivity index (χ1v) is 8.78. The van der Waals surface area contributed by atoms with Crippen molar-refractivity contribution in [2.24, 2.45) is 0 Å². The van der Waals surface area contributed by atoms with Crippen molar-refractivity contribution in [1.82, 2.24) is 5.32 Å². The van der Waals surface area contributed by atoms with Gasteiger partial charge in [-0.2, -0.15) is 8.42 Å². The van der Waals surface area contributed by atoms with Gasteiger partial charge in [-0.05, 0) is 29.8 Å². The van der Waals surface area contributed by atoms with Crippen molar-refractivity contribution in [3.8, 4) is 5.75 Å². The lowest BCUT2D eigenvalue weighted by atomic mass is 10.1. The van der Waals surface area contributed by atoms with Gasteiger partial charge < -0.3 is 10.1 Å². The molecule has 0 radical (unpaired) electrons. The van der Waals surface area contributed by atoms with Crippen molar-refractivity contribution in [2.75, 3.05) is 12.9 Å². The Morgan fingerprint density at radius 2 is 1.88 bits per heavy atom. The second-order valence-corrected chi connectivity index (χ2v) is 6.59. The number of carbonyl (C=O) groups excluding carboxylic acids is 1. The van der Waals surface area contributed by atoms with Crippen molar-refractivity contribution < 1.29 is 26.5 Å². The normalized spacial score (nSPS) is 12.4. The van der Waals surface area contributed by atoms with Gasteiger partial charge in [-0.15, -0.1) is 0 Å². The van der Waals surface area contributed by atoms with Crippen LogP contribution in [-0.2, 0) is 14.3 Å². The van der Waals surface area contributed by atoms with E-state index in [4.69, 9.17) is 8.92 Å². The molecule has 2 rings (SSSR count). The molecule has 0 heterocycles. The Morgan fingerprint density at radius 3 is 2.50 bits per heavy atom. The lowest BCUT2D eigenvalue weighted by Crippen LogP contribution is -2.34. The van der Waals surface area contributed by atoms with Crippen LogP contribution in [0.25, 0.3) is 0 Å². The SMILES string of the molecule is CS(=O)(=O)OCC(NC(=O)Oc1ccccc1)c1cccc(F)c1. The summed E-state index contributed by atoms with van der Waals surface area (Å²) in [6, 6.07) is 12.8. The second-order valence-electron chi connectivity index (χ2n) is 4.94.